The van der Waals surface area contributed by atoms with Crippen LogP contribution in [0, 0.1) is 0 Å². The Kier molecular flexibility index (Phi) is 3.64. The van der Waals surface area contributed by atoms with Gasteiger partial charge in [-0.3, -0.25) is 4.79 Å². The first kappa shape index (κ1) is 11.9. The predicted octanol–water partition coefficient (Wildman–Crippen LogP) is 1.45. The lowest BCUT2D eigenvalue weighted by atomic mass is 10.1. The molecule has 4 heteroatoms. The lowest BCUT2D eigenvalue weighted by molar-refractivity contribution is -0.131. The molecule has 1 fully saturated rings. The Balaban J connectivity index is 1.86. The van der Waals surface area contributed by atoms with Crippen LogP contribution in [0.25, 0.3) is 0 Å². The maximum atomic E-state index is 11.8. The molecule has 0 aromatic heterocycles. The van der Waals surface area contributed by atoms with Gasteiger partial charge in [-0.25, -0.2) is 0 Å². The standard InChI is InChI=1S/C13H18N2O2/c1-9-6-7-12(17-9)13(16)15-8-10-4-2-3-5-11(10)14/h2-5,9,12H,6-8,14H2,1H3,(H,15,16). The van der Waals surface area contributed by atoms with Crippen LogP contribution in [0.4, 0.5) is 5.69 Å². The summed E-state index contributed by atoms with van der Waals surface area (Å²) in [5.41, 5.74) is 7.44. The van der Waals surface area contributed by atoms with E-state index in [0.717, 1.165) is 18.4 Å². The number of hydrogen-bond donors (Lipinski definition) is 2. The number of nitrogen functional groups attached to an aromatic ring is 1. The smallest absolute Gasteiger partial charge is 0.249 e. The topological polar surface area (TPSA) is 64.4 Å². The number of ether oxygens (including phenoxy) is 1. The van der Waals surface area contributed by atoms with Crippen LogP contribution >= 0.6 is 0 Å². The molecular weight excluding hydrogens is 216 g/mol. The normalized spacial score (nSPS) is 23.6. The van der Waals surface area contributed by atoms with Gasteiger partial charge in [-0.2, -0.15) is 0 Å². The quantitative estimate of drug-likeness (QED) is 0.778. The Hall–Kier alpha value is -1.55. The molecule has 2 atom stereocenters. The summed E-state index contributed by atoms with van der Waals surface area (Å²) in [7, 11) is 0. The molecule has 92 valence electrons. The Morgan fingerprint density at radius 3 is 2.88 bits per heavy atom. The number of carbonyl (C=O) groups excluding carboxylic acids is 1. The Morgan fingerprint density at radius 2 is 2.24 bits per heavy atom. The lowest BCUT2D eigenvalue weighted by Crippen LogP contribution is -2.34. The molecular formula is C13H18N2O2. The van der Waals surface area contributed by atoms with E-state index in [-0.39, 0.29) is 18.1 Å². The summed E-state index contributed by atoms with van der Waals surface area (Å²) >= 11 is 0. The van der Waals surface area contributed by atoms with Gasteiger partial charge in [-0.15, -0.1) is 0 Å². The van der Waals surface area contributed by atoms with Crippen LogP contribution in [-0.2, 0) is 16.1 Å². The summed E-state index contributed by atoms with van der Waals surface area (Å²) in [5.74, 6) is -0.0439. The minimum atomic E-state index is -0.296. The molecule has 1 aliphatic rings. The second-order valence-corrected chi connectivity index (χ2v) is 4.43. The summed E-state index contributed by atoms with van der Waals surface area (Å²) in [6, 6.07) is 7.53. The zero-order valence-corrected chi connectivity index (χ0v) is 9.98. The average molecular weight is 234 g/mol. The third kappa shape index (κ3) is 2.97. The molecule has 1 aromatic carbocycles. The molecule has 4 nitrogen and oxygen atoms in total. The van der Waals surface area contributed by atoms with Gasteiger partial charge in [0.2, 0.25) is 5.91 Å². The molecule has 1 heterocycles. The predicted molar refractivity (Wildman–Crippen MR) is 66.3 cm³/mol. The number of anilines is 1. The molecule has 2 rings (SSSR count). The van der Waals surface area contributed by atoms with E-state index in [9.17, 15) is 4.79 Å². The maximum Gasteiger partial charge on any atom is 0.249 e. The Morgan fingerprint density at radius 1 is 1.47 bits per heavy atom. The van der Waals surface area contributed by atoms with Crippen LogP contribution in [0.5, 0.6) is 0 Å². The highest BCUT2D eigenvalue weighted by Crippen LogP contribution is 2.19. The van der Waals surface area contributed by atoms with Gasteiger partial charge in [0, 0.05) is 12.2 Å². The van der Waals surface area contributed by atoms with Gasteiger partial charge in [0.1, 0.15) is 6.10 Å². The van der Waals surface area contributed by atoms with E-state index in [2.05, 4.69) is 5.32 Å². The number of nitrogens with one attached hydrogen (secondary N) is 1. The number of nitrogens with two attached hydrogens (primary N) is 1. The summed E-state index contributed by atoms with van der Waals surface area (Å²) in [6.07, 6.45) is 1.64. The number of benzene rings is 1. The fourth-order valence-corrected chi connectivity index (χ4v) is 1.99. The second-order valence-electron chi connectivity index (χ2n) is 4.43. The van der Waals surface area contributed by atoms with Gasteiger partial charge in [-0.05, 0) is 31.4 Å². The summed E-state index contributed by atoms with van der Waals surface area (Å²) < 4.78 is 5.50. The minimum absolute atomic E-state index is 0.0439. The van der Waals surface area contributed by atoms with Gasteiger partial charge in [-0.1, -0.05) is 18.2 Å². The molecule has 0 radical (unpaired) electrons. The molecule has 3 N–H and O–H groups in total. The Bertz CT molecular complexity index is 406. The summed E-state index contributed by atoms with van der Waals surface area (Å²) in [6.45, 7) is 2.45. The second kappa shape index (κ2) is 5.19. The molecule has 0 spiro atoms. The van der Waals surface area contributed by atoms with E-state index >= 15 is 0 Å². The highest BCUT2D eigenvalue weighted by Gasteiger charge is 2.27. The van der Waals surface area contributed by atoms with E-state index in [1.807, 2.05) is 31.2 Å². The van der Waals surface area contributed by atoms with E-state index < -0.39 is 0 Å². The van der Waals surface area contributed by atoms with Crippen molar-refractivity contribution < 1.29 is 9.53 Å². The lowest BCUT2D eigenvalue weighted by Gasteiger charge is -2.12. The van der Waals surface area contributed by atoms with Gasteiger partial charge in [0.05, 0.1) is 6.10 Å². The molecule has 0 bridgehead atoms. The van der Waals surface area contributed by atoms with Crippen molar-refractivity contribution in [2.45, 2.75) is 38.5 Å². The number of hydrogen-bond acceptors (Lipinski definition) is 3. The van der Waals surface area contributed by atoms with Crippen molar-refractivity contribution in [2.75, 3.05) is 5.73 Å². The van der Waals surface area contributed by atoms with Gasteiger partial charge < -0.3 is 15.8 Å². The molecule has 1 aliphatic heterocycles. The fourth-order valence-electron chi connectivity index (χ4n) is 1.99. The third-order valence-electron chi connectivity index (χ3n) is 3.03. The van der Waals surface area contributed by atoms with E-state index in [4.69, 9.17) is 10.5 Å². The average Bonchev–Trinajstić information content (AvgIpc) is 2.74. The molecule has 1 amide bonds. The van der Waals surface area contributed by atoms with Crippen LogP contribution in [0.1, 0.15) is 25.3 Å². The van der Waals surface area contributed by atoms with Crippen LogP contribution in [0.15, 0.2) is 24.3 Å². The molecule has 0 saturated carbocycles. The van der Waals surface area contributed by atoms with Crippen molar-refractivity contribution in [1.82, 2.24) is 5.32 Å². The molecule has 2 unspecified atom stereocenters. The monoisotopic (exact) mass is 234 g/mol. The van der Waals surface area contributed by atoms with Crippen molar-refractivity contribution in [3.63, 3.8) is 0 Å². The van der Waals surface area contributed by atoms with Crippen LogP contribution in [0.3, 0.4) is 0 Å². The Labute approximate surface area is 101 Å². The number of amides is 1. The zero-order valence-electron chi connectivity index (χ0n) is 9.98. The molecule has 1 aromatic rings. The van der Waals surface area contributed by atoms with Crippen LogP contribution in [-0.4, -0.2) is 18.1 Å². The fraction of sp³-hybridized carbons (Fsp3) is 0.462. The van der Waals surface area contributed by atoms with Crippen molar-refractivity contribution >= 4 is 11.6 Å². The summed E-state index contributed by atoms with van der Waals surface area (Å²) in [5, 5.41) is 2.86. The highest BCUT2D eigenvalue weighted by molar-refractivity contribution is 5.81. The number of carbonyl (C=O) groups is 1. The summed E-state index contributed by atoms with van der Waals surface area (Å²) in [4.78, 5) is 11.8. The zero-order chi connectivity index (χ0) is 12.3. The van der Waals surface area contributed by atoms with Crippen molar-refractivity contribution in [3.05, 3.63) is 29.8 Å². The van der Waals surface area contributed by atoms with E-state index in [1.54, 1.807) is 0 Å². The van der Waals surface area contributed by atoms with E-state index in [0.29, 0.717) is 12.2 Å². The first-order valence-corrected chi connectivity index (χ1v) is 5.93. The van der Waals surface area contributed by atoms with Gasteiger partial charge >= 0.3 is 0 Å². The van der Waals surface area contributed by atoms with Crippen LogP contribution < -0.4 is 11.1 Å². The van der Waals surface area contributed by atoms with Crippen molar-refractivity contribution in [3.8, 4) is 0 Å². The molecule has 0 aliphatic carbocycles. The van der Waals surface area contributed by atoms with Crippen molar-refractivity contribution in [1.29, 1.82) is 0 Å². The third-order valence-corrected chi connectivity index (χ3v) is 3.03. The first-order chi connectivity index (χ1) is 8.16. The van der Waals surface area contributed by atoms with E-state index in [1.165, 1.54) is 0 Å². The largest absolute Gasteiger partial charge is 0.398 e. The number of rotatable bonds is 3. The molecule has 1 saturated heterocycles. The van der Waals surface area contributed by atoms with Crippen LogP contribution in [0.2, 0.25) is 0 Å². The maximum absolute atomic E-state index is 11.8. The SMILES string of the molecule is CC1CCC(C(=O)NCc2ccccc2N)O1. The minimum Gasteiger partial charge on any atom is -0.398 e. The van der Waals surface area contributed by atoms with Gasteiger partial charge in [0.15, 0.2) is 0 Å². The van der Waals surface area contributed by atoms with Gasteiger partial charge in [0.25, 0.3) is 0 Å². The highest BCUT2D eigenvalue weighted by atomic mass is 16.5. The van der Waals surface area contributed by atoms with Crippen molar-refractivity contribution in [2.24, 2.45) is 0 Å². The number of para-hydroxylation sites is 1. The first-order valence-electron chi connectivity index (χ1n) is 5.93. The molecule has 17 heavy (non-hydrogen) atoms.